The molecule has 0 aromatic heterocycles. The van der Waals surface area contributed by atoms with Gasteiger partial charge in [0.2, 0.25) is 0 Å². The number of hydrazone groups is 1. The fraction of sp³-hybridized carbons (Fsp3) is 0.0667. The minimum atomic E-state index is -0.399. The molecule has 0 atom stereocenters. The van der Waals surface area contributed by atoms with Crippen LogP contribution in [0.15, 0.2) is 52.0 Å². The Morgan fingerprint density at radius 3 is 2.82 bits per heavy atom. The highest BCUT2D eigenvalue weighted by Gasteiger charge is 2.03. The van der Waals surface area contributed by atoms with Crippen LogP contribution in [-0.2, 0) is 4.79 Å². The molecular formula is C15H12BrClFN3O. The van der Waals surface area contributed by atoms with Crippen LogP contribution in [0.25, 0.3) is 0 Å². The van der Waals surface area contributed by atoms with Gasteiger partial charge in [-0.2, -0.15) is 5.10 Å². The molecule has 0 saturated carbocycles. The third kappa shape index (κ3) is 4.82. The number of anilines is 1. The van der Waals surface area contributed by atoms with Gasteiger partial charge in [-0.05, 0) is 40.2 Å². The SMILES string of the molecule is O=C(CNc1ccc(Cl)cc1Br)N/N=C\c1ccccc1F. The lowest BCUT2D eigenvalue weighted by Gasteiger charge is -2.07. The molecule has 0 radical (unpaired) electrons. The quantitative estimate of drug-likeness (QED) is 0.608. The Hall–Kier alpha value is -1.92. The van der Waals surface area contributed by atoms with Gasteiger partial charge in [0, 0.05) is 20.7 Å². The van der Waals surface area contributed by atoms with E-state index in [0.29, 0.717) is 10.6 Å². The molecule has 22 heavy (non-hydrogen) atoms. The van der Waals surface area contributed by atoms with E-state index >= 15 is 0 Å². The van der Waals surface area contributed by atoms with E-state index in [1.54, 1.807) is 36.4 Å². The van der Waals surface area contributed by atoms with Crippen LogP contribution in [0.5, 0.6) is 0 Å². The summed E-state index contributed by atoms with van der Waals surface area (Å²) in [5, 5.41) is 7.24. The van der Waals surface area contributed by atoms with Crippen molar-refractivity contribution in [1.29, 1.82) is 0 Å². The van der Waals surface area contributed by atoms with E-state index in [1.807, 2.05) is 0 Å². The van der Waals surface area contributed by atoms with E-state index in [2.05, 4.69) is 31.8 Å². The first kappa shape index (κ1) is 16.5. The summed E-state index contributed by atoms with van der Waals surface area (Å²) in [6.07, 6.45) is 1.26. The Kier molecular flexibility index (Phi) is 5.91. The van der Waals surface area contributed by atoms with Gasteiger partial charge in [0.25, 0.3) is 5.91 Å². The molecule has 2 N–H and O–H groups in total. The van der Waals surface area contributed by atoms with Crippen molar-refractivity contribution >= 4 is 45.3 Å². The summed E-state index contributed by atoms with van der Waals surface area (Å²) in [4.78, 5) is 11.6. The number of nitrogens with zero attached hydrogens (tertiary/aromatic N) is 1. The molecule has 2 rings (SSSR count). The molecule has 0 aliphatic carbocycles. The van der Waals surface area contributed by atoms with Gasteiger partial charge >= 0.3 is 0 Å². The predicted octanol–water partition coefficient (Wildman–Crippen LogP) is 3.80. The number of hydrogen-bond donors (Lipinski definition) is 2. The topological polar surface area (TPSA) is 53.5 Å². The standard InChI is InChI=1S/C15H12BrClFN3O/c16-12-7-11(17)5-6-14(12)19-9-15(22)21-20-8-10-3-1-2-4-13(10)18/h1-8,19H,9H2,(H,21,22)/b20-8-. The summed E-state index contributed by atoms with van der Waals surface area (Å²) in [5.41, 5.74) is 3.36. The molecule has 0 aliphatic heterocycles. The fourth-order valence-corrected chi connectivity index (χ4v) is 2.42. The van der Waals surface area contributed by atoms with Gasteiger partial charge in [0.15, 0.2) is 0 Å². The van der Waals surface area contributed by atoms with Crippen molar-refractivity contribution in [3.8, 4) is 0 Å². The van der Waals surface area contributed by atoms with Crippen LogP contribution >= 0.6 is 27.5 Å². The number of rotatable bonds is 5. The zero-order valence-corrected chi connectivity index (χ0v) is 13.7. The smallest absolute Gasteiger partial charge is 0.259 e. The molecule has 0 heterocycles. The second-order valence-electron chi connectivity index (χ2n) is 4.29. The summed E-state index contributed by atoms with van der Waals surface area (Å²) in [6.45, 7) is 0.0227. The molecule has 0 fully saturated rings. The van der Waals surface area contributed by atoms with E-state index in [9.17, 15) is 9.18 Å². The van der Waals surface area contributed by atoms with Crippen LogP contribution in [0.4, 0.5) is 10.1 Å². The summed E-state index contributed by atoms with van der Waals surface area (Å²) in [6, 6.07) is 11.3. The number of amides is 1. The van der Waals surface area contributed by atoms with Gasteiger partial charge < -0.3 is 5.32 Å². The van der Waals surface area contributed by atoms with Crippen molar-refractivity contribution in [2.24, 2.45) is 5.10 Å². The number of halogens is 3. The average molecular weight is 385 g/mol. The van der Waals surface area contributed by atoms with Crippen molar-refractivity contribution in [3.05, 3.63) is 63.3 Å². The number of carbonyl (C=O) groups excluding carboxylic acids is 1. The monoisotopic (exact) mass is 383 g/mol. The van der Waals surface area contributed by atoms with E-state index in [4.69, 9.17) is 11.6 Å². The summed E-state index contributed by atoms with van der Waals surface area (Å²) in [7, 11) is 0. The van der Waals surface area contributed by atoms with E-state index in [0.717, 1.165) is 10.2 Å². The van der Waals surface area contributed by atoms with Crippen molar-refractivity contribution in [1.82, 2.24) is 5.43 Å². The van der Waals surface area contributed by atoms with E-state index in [-0.39, 0.29) is 12.5 Å². The predicted molar refractivity (Wildman–Crippen MR) is 89.8 cm³/mol. The highest BCUT2D eigenvalue weighted by Crippen LogP contribution is 2.25. The third-order valence-electron chi connectivity index (χ3n) is 2.67. The second-order valence-corrected chi connectivity index (χ2v) is 5.58. The van der Waals surface area contributed by atoms with Crippen LogP contribution in [0, 0.1) is 5.82 Å². The van der Waals surface area contributed by atoms with Gasteiger partial charge in [0.05, 0.1) is 12.8 Å². The molecule has 1 amide bonds. The van der Waals surface area contributed by atoms with Gasteiger partial charge in [-0.3, -0.25) is 4.79 Å². The molecule has 0 spiro atoms. The molecule has 0 unspecified atom stereocenters. The molecule has 0 bridgehead atoms. The minimum absolute atomic E-state index is 0.0227. The third-order valence-corrected chi connectivity index (χ3v) is 3.56. The number of benzene rings is 2. The van der Waals surface area contributed by atoms with Gasteiger partial charge in [-0.25, -0.2) is 9.82 Å². The molecule has 7 heteroatoms. The summed E-state index contributed by atoms with van der Waals surface area (Å²) < 4.78 is 14.1. The number of hydrogen-bond acceptors (Lipinski definition) is 3. The van der Waals surface area contributed by atoms with Gasteiger partial charge in [0.1, 0.15) is 5.82 Å². The van der Waals surface area contributed by atoms with Gasteiger partial charge in [-0.1, -0.05) is 29.8 Å². The zero-order chi connectivity index (χ0) is 15.9. The van der Waals surface area contributed by atoms with Crippen LogP contribution in [-0.4, -0.2) is 18.7 Å². The first-order valence-electron chi connectivity index (χ1n) is 6.31. The lowest BCUT2D eigenvalue weighted by atomic mass is 10.2. The normalized spacial score (nSPS) is 10.7. The average Bonchev–Trinajstić information content (AvgIpc) is 2.48. The summed E-state index contributed by atoms with van der Waals surface area (Å²) in [5.74, 6) is -0.752. The first-order valence-corrected chi connectivity index (χ1v) is 7.49. The van der Waals surface area contributed by atoms with Crippen LogP contribution in [0.2, 0.25) is 5.02 Å². The lowest BCUT2D eigenvalue weighted by Crippen LogP contribution is -2.26. The minimum Gasteiger partial charge on any atom is -0.375 e. The molecule has 0 aliphatic rings. The molecule has 2 aromatic carbocycles. The van der Waals surface area contributed by atoms with Crippen LogP contribution < -0.4 is 10.7 Å². The highest BCUT2D eigenvalue weighted by molar-refractivity contribution is 9.10. The first-order chi connectivity index (χ1) is 10.6. The molecule has 2 aromatic rings. The second kappa shape index (κ2) is 7.91. The molecule has 0 saturated heterocycles. The lowest BCUT2D eigenvalue weighted by molar-refractivity contribution is -0.119. The Morgan fingerprint density at radius 2 is 2.09 bits per heavy atom. The Morgan fingerprint density at radius 1 is 1.32 bits per heavy atom. The number of nitrogens with one attached hydrogen (secondary N) is 2. The molecular weight excluding hydrogens is 373 g/mol. The van der Waals surface area contributed by atoms with Crippen LogP contribution in [0.1, 0.15) is 5.56 Å². The fourth-order valence-electron chi connectivity index (χ4n) is 1.60. The van der Waals surface area contributed by atoms with Gasteiger partial charge in [-0.15, -0.1) is 0 Å². The van der Waals surface area contributed by atoms with E-state index < -0.39 is 5.82 Å². The van der Waals surface area contributed by atoms with Crippen molar-refractivity contribution in [2.75, 3.05) is 11.9 Å². The molecule has 114 valence electrons. The number of carbonyl (C=O) groups is 1. The summed E-state index contributed by atoms with van der Waals surface area (Å²) >= 11 is 9.17. The Labute approximate surface area is 140 Å². The van der Waals surface area contributed by atoms with Crippen molar-refractivity contribution in [2.45, 2.75) is 0 Å². The van der Waals surface area contributed by atoms with E-state index in [1.165, 1.54) is 12.3 Å². The Balaban J connectivity index is 1.84. The van der Waals surface area contributed by atoms with Crippen LogP contribution in [0.3, 0.4) is 0 Å². The maximum Gasteiger partial charge on any atom is 0.259 e. The maximum absolute atomic E-state index is 13.3. The van der Waals surface area contributed by atoms with Crippen molar-refractivity contribution < 1.29 is 9.18 Å². The Bertz CT molecular complexity index is 709. The van der Waals surface area contributed by atoms with Crippen molar-refractivity contribution in [3.63, 3.8) is 0 Å². The highest BCUT2D eigenvalue weighted by atomic mass is 79.9. The zero-order valence-electron chi connectivity index (χ0n) is 11.3. The largest absolute Gasteiger partial charge is 0.375 e. The molecule has 4 nitrogen and oxygen atoms in total. The maximum atomic E-state index is 13.3.